The zero-order chi connectivity index (χ0) is 16.8. The third-order valence-electron chi connectivity index (χ3n) is 3.95. The summed E-state index contributed by atoms with van der Waals surface area (Å²) in [5, 5.41) is 5.16. The van der Waals surface area contributed by atoms with Crippen molar-refractivity contribution in [1.82, 2.24) is 5.32 Å². The maximum atomic E-state index is 12.9. The van der Waals surface area contributed by atoms with Crippen LogP contribution in [-0.2, 0) is 0 Å². The molecule has 0 aliphatic rings. The summed E-state index contributed by atoms with van der Waals surface area (Å²) in [4.78, 5) is 13.9. The molecule has 0 atom stereocenters. The van der Waals surface area contributed by atoms with Crippen molar-refractivity contribution in [2.75, 3.05) is 6.54 Å². The van der Waals surface area contributed by atoms with Crippen molar-refractivity contribution in [3.8, 4) is 21.6 Å². The quantitative estimate of drug-likeness (QED) is 0.583. The van der Waals surface area contributed by atoms with Crippen LogP contribution < -0.4 is 5.32 Å². The van der Waals surface area contributed by atoms with Gasteiger partial charge < -0.3 is 5.32 Å². The van der Waals surface area contributed by atoms with Crippen molar-refractivity contribution < 1.29 is 4.79 Å². The third kappa shape index (κ3) is 3.57. The summed E-state index contributed by atoms with van der Waals surface area (Å²) in [6.07, 6.45) is 2.07. The van der Waals surface area contributed by atoms with Crippen LogP contribution in [0.2, 0.25) is 0 Å². The lowest BCUT2D eigenvalue weighted by Crippen LogP contribution is -2.24. The molecule has 0 spiro atoms. The lowest BCUT2D eigenvalue weighted by molar-refractivity contribution is 0.0955. The number of carbonyl (C=O) groups is 1. The molecule has 2 aromatic carbocycles. The molecule has 2 nitrogen and oxygen atoms in total. The summed E-state index contributed by atoms with van der Waals surface area (Å²) in [5.41, 5.74) is 3.96. The molecule has 0 radical (unpaired) electrons. The minimum absolute atomic E-state index is 0.0161. The number of rotatable bonds is 6. The number of thiophene rings is 1. The Labute approximate surface area is 147 Å². The van der Waals surface area contributed by atoms with E-state index in [1.807, 2.05) is 36.4 Å². The zero-order valence-electron chi connectivity index (χ0n) is 13.8. The van der Waals surface area contributed by atoms with E-state index in [9.17, 15) is 4.79 Å². The summed E-state index contributed by atoms with van der Waals surface area (Å²) in [7, 11) is 0. The highest BCUT2D eigenvalue weighted by molar-refractivity contribution is 7.14. The van der Waals surface area contributed by atoms with Gasteiger partial charge in [-0.2, -0.15) is 0 Å². The fourth-order valence-electron chi connectivity index (χ4n) is 2.68. The molecule has 1 aromatic heterocycles. The average Bonchev–Trinajstić information content (AvgIpc) is 3.08. The first kappa shape index (κ1) is 16.5. The van der Waals surface area contributed by atoms with Crippen LogP contribution in [0.25, 0.3) is 21.6 Å². The minimum atomic E-state index is 0.0161. The van der Waals surface area contributed by atoms with Crippen LogP contribution >= 0.6 is 11.3 Å². The Morgan fingerprint density at radius 2 is 1.58 bits per heavy atom. The fraction of sp³-hybridized carbons (Fsp3) is 0.190. The second-order valence-corrected chi connectivity index (χ2v) is 6.57. The molecular formula is C21H21NOS. The predicted octanol–water partition coefficient (Wildman–Crippen LogP) is 5.61. The Balaban J connectivity index is 2.04. The Morgan fingerprint density at radius 3 is 2.21 bits per heavy atom. The zero-order valence-corrected chi connectivity index (χ0v) is 14.6. The number of hydrogen-bond acceptors (Lipinski definition) is 2. The highest BCUT2D eigenvalue weighted by Crippen LogP contribution is 2.38. The molecule has 1 amide bonds. The molecule has 122 valence electrons. The Morgan fingerprint density at radius 1 is 0.958 bits per heavy atom. The molecule has 0 aliphatic heterocycles. The van der Waals surface area contributed by atoms with E-state index in [0.717, 1.165) is 40.0 Å². The first-order valence-electron chi connectivity index (χ1n) is 8.31. The van der Waals surface area contributed by atoms with Crippen LogP contribution in [-0.4, -0.2) is 12.5 Å². The van der Waals surface area contributed by atoms with Gasteiger partial charge in [-0.25, -0.2) is 0 Å². The number of amides is 1. The second-order valence-electron chi connectivity index (χ2n) is 5.70. The van der Waals surface area contributed by atoms with E-state index in [1.165, 1.54) is 0 Å². The van der Waals surface area contributed by atoms with E-state index in [4.69, 9.17) is 0 Å². The molecule has 24 heavy (non-hydrogen) atoms. The average molecular weight is 335 g/mol. The van der Waals surface area contributed by atoms with Gasteiger partial charge >= 0.3 is 0 Å². The van der Waals surface area contributed by atoms with Gasteiger partial charge in [0.05, 0.1) is 5.56 Å². The van der Waals surface area contributed by atoms with Crippen LogP contribution in [0.1, 0.15) is 30.1 Å². The Kier molecular flexibility index (Phi) is 5.44. The Bertz CT molecular complexity index is 736. The lowest BCUT2D eigenvalue weighted by atomic mass is 9.99. The highest BCUT2D eigenvalue weighted by Gasteiger charge is 2.20. The minimum Gasteiger partial charge on any atom is -0.352 e. The summed E-state index contributed by atoms with van der Waals surface area (Å²) < 4.78 is 0. The van der Waals surface area contributed by atoms with Crippen molar-refractivity contribution in [3.63, 3.8) is 0 Å². The van der Waals surface area contributed by atoms with Gasteiger partial charge in [-0.3, -0.25) is 4.79 Å². The van der Waals surface area contributed by atoms with Crippen molar-refractivity contribution >= 4 is 17.2 Å². The van der Waals surface area contributed by atoms with Crippen LogP contribution in [0.4, 0.5) is 0 Å². The molecular weight excluding hydrogens is 314 g/mol. The van der Waals surface area contributed by atoms with Crippen molar-refractivity contribution in [1.29, 1.82) is 0 Å². The van der Waals surface area contributed by atoms with Gasteiger partial charge in [-0.05, 0) is 17.5 Å². The Hall–Kier alpha value is -2.39. The predicted molar refractivity (Wildman–Crippen MR) is 102 cm³/mol. The van der Waals surface area contributed by atoms with Crippen molar-refractivity contribution in [2.45, 2.75) is 19.8 Å². The first-order valence-corrected chi connectivity index (χ1v) is 9.19. The number of carbonyl (C=O) groups excluding carboxylic acids is 1. The van der Waals surface area contributed by atoms with E-state index >= 15 is 0 Å². The van der Waals surface area contributed by atoms with Gasteiger partial charge in [-0.1, -0.05) is 74.0 Å². The summed E-state index contributed by atoms with van der Waals surface area (Å²) in [6.45, 7) is 2.84. The van der Waals surface area contributed by atoms with Crippen molar-refractivity contribution in [2.24, 2.45) is 0 Å². The molecule has 0 saturated carbocycles. The van der Waals surface area contributed by atoms with Gasteiger partial charge in [0.25, 0.3) is 5.91 Å². The maximum absolute atomic E-state index is 12.9. The topological polar surface area (TPSA) is 29.1 Å². The first-order chi connectivity index (χ1) is 11.8. The maximum Gasteiger partial charge on any atom is 0.253 e. The van der Waals surface area contributed by atoms with Gasteiger partial charge in [-0.15, -0.1) is 11.3 Å². The molecule has 3 rings (SSSR count). The largest absolute Gasteiger partial charge is 0.352 e. The van der Waals surface area contributed by atoms with E-state index in [2.05, 4.69) is 41.9 Å². The highest BCUT2D eigenvalue weighted by atomic mass is 32.1. The van der Waals surface area contributed by atoms with Gasteiger partial charge in [0, 0.05) is 22.4 Å². The normalized spacial score (nSPS) is 10.5. The molecule has 1 heterocycles. The summed E-state index contributed by atoms with van der Waals surface area (Å²) in [5.74, 6) is 0.0161. The number of nitrogens with one attached hydrogen (secondary N) is 1. The van der Waals surface area contributed by atoms with Crippen LogP contribution in [0.5, 0.6) is 0 Å². The van der Waals surface area contributed by atoms with Gasteiger partial charge in [0.1, 0.15) is 0 Å². The molecule has 0 unspecified atom stereocenters. The van der Waals surface area contributed by atoms with Crippen LogP contribution in [0.15, 0.2) is 66.0 Å². The van der Waals surface area contributed by atoms with Crippen LogP contribution in [0, 0.1) is 0 Å². The SMILES string of the molecule is CCCCNC(=O)c1c(-c2ccccc2)csc1-c1ccccc1. The fourth-order valence-corrected chi connectivity index (χ4v) is 3.76. The van der Waals surface area contributed by atoms with Crippen LogP contribution in [0.3, 0.4) is 0 Å². The monoisotopic (exact) mass is 335 g/mol. The molecule has 0 saturated heterocycles. The molecule has 0 fully saturated rings. The van der Waals surface area contributed by atoms with E-state index in [0.29, 0.717) is 6.54 Å². The molecule has 0 bridgehead atoms. The smallest absolute Gasteiger partial charge is 0.253 e. The van der Waals surface area contributed by atoms with E-state index in [1.54, 1.807) is 11.3 Å². The molecule has 3 aromatic rings. The number of benzene rings is 2. The van der Waals surface area contributed by atoms with E-state index < -0.39 is 0 Å². The second kappa shape index (κ2) is 7.93. The number of unbranched alkanes of at least 4 members (excludes halogenated alkanes) is 1. The molecule has 1 N–H and O–H groups in total. The molecule has 3 heteroatoms. The lowest BCUT2D eigenvalue weighted by Gasteiger charge is -2.09. The van der Waals surface area contributed by atoms with Gasteiger partial charge in [0.2, 0.25) is 0 Å². The summed E-state index contributed by atoms with van der Waals surface area (Å²) in [6, 6.07) is 20.3. The number of hydrogen-bond donors (Lipinski definition) is 1. The van der Waals surface area contributed by atoms with E-state index in [-0.39, 0.29) is 5.91 Å². The van der Waals surface area contributed by atoms with Crippen molar-refractivity contribution in [3.05, 3.63) is 71.6 Å². The standard InChI is InChI=1S/C21H21NOS/c1-2-3-14-22-21(23)19-18(16-10-6-4-7-11-16)15-24-20(19)17-12-8-5-9-13-17/h4-13,15H,2-3,14H2,1H3,(H,22,23). The van der Waals surface area contributed by atoms with Gasteiger partial charge in [0.15, 0.2) is 0 Å². The molecule has 0 aliphatic carbocycles. The third-order valence-corrected chi connectivity index (χ3v) is 4.98. The summed E-state index contributed by atoms with van der Waals surface area (Å²) >= 11 is 1.63.